The monoisotopic (exact) mass is 716 g/mol. The molecule has 0 saturated heterocycles. The minimum absolute atomic E-state index is 0.0974. The number of hydrogen-bond donors (Lipinski definition) is 0. The molecule has 232 valence electrons. The third-order valence-corrected chi connectivity index (χ3v) is 22.3. The summed E-state index contributed by atoms with van der Waals surface area (Å²) >= 11 is -3.70. The zero-order chi connectivity index (χ0) is 31.7. The Hall–Kier alpha value is -4.44. The molecule has 4 aromatic rings. The molecule has 0 aliphatic carbocycles. The predicted octanol–water partition coefficient (Wildman–Crippen LogP) is 7.42. The van der Waals surface area contributed by atoms with Gasteiger partial charge in [0.1, 0.15) is 0 Å². The van der Waals surface area contributed by atoms with E-state index in [4.69, 9.17) is 18.9 Å². The van der Waals surface area contributed by atoms with Gasteiger partial charge in [-0.2, -0.15) is 0 Å². The van der Waals surface area contributed by atoms with Crippen LogP contribution in [-0.2, 0) is 19.2 Å². The first-order valence-corrected chi connectivity index (χ1v) is 23.0. The van der Waals surface area contributed by atoms with Crippen LogP contribution in [0.1, 0.15) is 25.7 Å². The fourth-order valence-corrected chi connectivity index (χ4v) is 17.6. The first-order valence-electron chi connectivity index (χ1n) is 14.9. The third-order valence-electron chi connectivity index (χ3n) is 7.34. The van der Waals surface area contributed by atoms with Crippen LogP contribution in [0.15, 0.2) is 121 Å². The molecule has 8 nitrogen and oxygen atoms in total. The number of esters is 4. The van der Waals surface area contributed by atoms with Crippen molar-refractivity contribution >= 4 is 42.3 Å². The van der Waals surface area contributed by atoms with Crippen LogP contribution in [0.25, 0.3) is 0 Å². The first kappa shape index (κ1) is 33.5. The van der Waals surface area contributed by atoms with Crippen molar-refractivity contribution in [2.45, 2.75) is 43.4 Å². The van der Waals surface area contributed by atoms with Gasteiger partial charge in [0.25, 0.3) is 0 Å². The van der Waals surface area contributed by atoms with Crippen molar-refractivity contribution in [3.8, 4) is 23.0 Å². The Balaban J connectivity index is 1.50. The van der Waals surface area contributed by atoms with E-state index >= 15 is 0 Å². The summed E-state index contributed by atoms with van der Waals surface area (Å²) in [5.41, 5.74) is 0. The van der Waals surface area contributed by atoms with Gasteiger partial charge in [0, 0.05) is 0 Å². The van der Waals surface area contributed by atoms with Crippen LogP contribution in [0.2, 0.25) is 17.7 Å². The number of rotatable bonds is 16. The van der Waals surface area contributed by atoms with Gasteiger partial charge in [-0.15, -0.1) is 0 Å². The predicted molar refractivity (Wildman–Crippen MR) is 172 cm³/mol. The molecule has 0 spiro atoms. The van der Waals surface area contributed by atoms with Gasteiger partial charge in [-0.3, -0.25) is 0 Å². The Labute approximate surface area is 267 Å². The van der Waals surface area contributed by atoms with Crippen molar-refractivity contribution in [1.82, 2.24) is 0 Å². The summed E-state index contributed by atoms with van der Waals surface area (Å²) in [4.78, 5) is 51.7. The molecule has 4 rings (SSSR count). The number of hydrogen-bond acceptors (Lipinski definition) is 8. The van der Waals surface area contributed by atoms with E-state index in [0.29, 0.717) is 40.7 Å². The Morgan fingerprint density at radius 1 is 0.356 bits per heavy atom. The van der Waals surface area contributed by atoms with Crippen molar-refractivity contribution in [2.24, 2.45) is 0 Å². The van der Waals surface area contributed by atoms with Gasteiger partial charge in [0.05, 0.1) is 0 Å². The molecular formula is C36H36O8Sn. The van der Waals surface area contributed by atoms with E-state index in [2.05, 4.69) is 0 Å². The molecule has 0 saturated carbocycles. The summed E-state index contributed by atoms with van der Waals surface area (Å²) in [5, 5.41) is 0. The van der Waals surface area contributed by atoms with Crippen LogP contribution >= 0.6 is 0 Å². The summed E-state index contributed by atoms with van der Waals surface area (Å²) in [6.07, 6.45) is 0.390. The SMILES string of the molecule is O=C(C[CH2][Sn]([CH2]CC(=O)Oc1ccccc1)([CH2]CC(=O)Oc1ccccc1)[CH2]CC(=O)Oc1ccccc1)Oc1ccccc1. The molecule has 0 radical (unpaired) electrons. The van der Waals surface area contributed by atoms with E-state index < -0.39 is 42.3 Å². The summed E-state index contributed by atoms with van der Waals surface area (Å²) in [5.74, 6) is 0.113. The van der Waals surface area contributed by atoms with Gasteiger partial charge in [0.2, 0.25) is 0 Å². The summed E-state index contributed by atoms with van der Waals surface area (Å²) in [6.45, 7) is 0. The van der Waals surface area contributed by atoms with Gasteiger partial charge in [-0.05, 0) is 0 Å². The van der Waals surface area contributed by atoms with E-state index in [0.717, 1.165) is 0 Å². The Morgan fingerprint density at radius 2 is 0.556 bits per heavy atom. The molecule has 0 N–H and O–H groups in total. The second kappa shape index (κ2) is 17.8. The fraction of sp³-hybridized carbons (Fsp3) is 0.222. The van der Waals surface area contributed by atoms with Gasteiger partial charge in [0.15, 0.2) is 0 Å². The zero-order valence-electron chi connectivity index (χ0n) is 25.0. The Bertz CT molecular complexity index is 1280. The fourth-order valence-electron chi connectivity index (χ4n) is 4.90. The molecule has 0 fully saturated rings. The Kier molecular flexibility index (Phi) is 13.2. The average Bonchev–Trinajstić information content (AvgIpc) is 3.06. The zero-order valence-corrected chi connectivity index (χ0v) is 27.8. The van der Waals surface area contributed by atoms with Crippen molar-refractivity contribution in [1.29, 1.82) is 0 Å². The van der Waals surface area contributed by atoms with Crippen LogP contribution in [0, 0.1) is 0 Å². The van der Waals surface area contributed by atoms with Gasteiger partial charge in [-0.1, -0.05) is 0 Å². The normalized spacial score (nSPS) is 10.8. The molecular weight excluding hydrogens is 679 g/mol. The van der Waals surface area contributed by atoms with Crippen LogP contribution < -0.4 is 18.9 Å². The number of carbonyl (C=O) groups excluding carboxylic acids is 4. The second-order valence-electron chi connectivity index (χ2n) is 10.6. The number of para-hydroxylation sites is 4. The van der Waals surface area contributed by atoms with E-state index in [1.54, 1.807) is 97.1 Å². The van der Waals surface area contributed by atoms with Crippen LogP contribution in [-0.4, -0.2) is 42.3 Å². The average molecular weight is 715 g/mol. The summed E-state index contributed by atoms with van der Waals surface area (Å²) in [7, 11) is 0. The maximum absolute atomic E-state index is 12.9. The molecule has 0 aliphatic rings. The quantitative estimate of drug-likeness (QED) is 0.0671. The van der Waals surface area contributed by atoms with Gasteiger partial charge < -0.3 is 0 Å². The standard InChI is InChI=1S/4C9H9O2.Sn/c4*1-2-9(10)11-8-6-4-3-5-7-8;/h4*3-7H,1-2H2;. The first-order chi connectivity index (χ1) is 21.9. The van der Waals surface area contributed by atoms with Crippen LogP contribution in [0.3, 0.4) is 0 Å². The van der Waals surface area contributed by atoms with E-state index in [1.165, 1.54) is 0 Å². The summed E-state index contributed by atoms with van der Waals surface area (Å²) < 4.78 is 24.0. The van der Waals surface area contributed by atoms with E-state index in [-0.39, 0.29) is 25.7 Å². The minimum atomic E-state index is -3.70. The molecule has 0 atom stereocenters. The van der Waals surface area contributed by atoms with E-state index in [9.17, 15) is 19.2 Å². The Morgan fingerprint density at radius 3 is 0.756 bits per heavy atom. The second-order valence-corrected chi connectivity index (χ2v) is 24.9. The molecule has 4 aromatic carbocycles. The molecule has 0 aromatic heterocycles. The van der Waals surface area contributed by atoms with E-state index in [1.807, 2.05) is 24.3 Å². The molecule has 0 bridgehead atoms. The molecule has 9 heteroatoms. The number of benzene rings is 4. The molecule has 0 aliphatic heterocycles. The third kappa shape index (κ3) is 12.2. The molecule has 0 heterocycles. The van der Waals surface area contributed by atoms with Crippen molar-refractivity contribution in [2.75, 3.05) is 0 Å². The molecule has 0 unspecified atom stereocenters. The van der Waals surface area contributed by atoms with Crippen molar-refractivity contribution < 1.29 is 38.1 Å². The van der Waals surface area contributed by atoms with Crippen LogP contribution in [0.4, 0.5) is 0 Å². The number of ether oxygens (including phenoxy) is 4. The number of carbonyl (C=O) groups is 4. The molecule has 45 heavy (non-hydrogen) atoms. The van der Waals surface area contributed by atoms with Gasteiger partial charge >= 0.3 is 268 Å². The van der Waals surface area contributed by atoms with Gasteiger partial charge in [-0.25, -0.2) is 0 Å². The van der Waals surface area contributed by atoms with Crippen LogP contribution in [0.5, 0.6) is 23.0 Å². The summed E-state index contributed by atoms with van der Waals surface area (Å²) in [6, 6.07) is 35.2. The van der Waals surface area contributed by atoms with Crippen molar-refractivity contribution in [3.05, 3.63) is 121 Å². The van der Waals surface area contributed by atoms with Crippen molar-refractivity contribution in [3.63, 3.8) is 0 Å². The topological polar surface area (TPSA) is 105 Å². The molecule has 0 amide bonds. The maximum atomic E-state index is 12.9.